The maximum atomic E-state index is 12.2. The molecule has 0 aliphatic carbocycles. The molecule has 0 bridgehead atoms. The molecule has 2 N–H and O–H groups in total. The van der Waals surface area contributed by atoms with Crippen LogP contribution >= 0.6 is 0 Å². The quantitative estimate of drug-likeness (QED) is 0.846. The lowest BCUT2D eigenvalue weighted by molar-refractivity contribution is 0.0166. The van der Waals surface area contributed by atoms with E-state index in [9.17, 15) is 4.79 Å². The van der Waals surface area contributed by atoms with Gasteiger partial charge in [0.2, 0.25) is 0 Å². The van der Waals surface area contributed by atoms with Gasteiger partial charge in [-0.25, -0.2) is 4.79 Å². The normalized spacial score (nSPS) is 19.1. The molecule has 4 heteroatoms. The molecular formula is C18H28N2O2. The van der Waals surface area contributed by atoms with Crippen LogP contribution in [0.1, 0.15) is 44.7 Å². The Balaban J connectivity index is 1.98. The molecule has 2 rings (SSSR count). The number of carbonyl (C=O) groups is 1. The fourth-order valence-electron chi connectivity index (χ4n) is 2.95. The van der Waals surface area contributed by atoms with E-state index >= 15 is 0 Å². The fraction of sp³-hybridized carbons (Fsp3) is 0.611. The number of amides is 1. The number of benzene rings is 1. The van der Waals surface area contributed by atoms with Gasteiger partial charge in [0, 0.05) is 18.8 Å². The molecule has 1 aliphatic rings. The lowest BCUT2D eigenvalue weighted by Gasteiger charge is -2.34. The van der Waals surface area contributed by atoms with Crippen molar-refractivity contribution in [3.63, 3.8) is 0 Å². The SMILES string of the molecule is Cc1ccc(N)c(CC2CCCN(C(=O)OC(C)(C)C)C2)c1. The van der Waals surface area contributed by atoms with E-state index in [1.165, 1.54) is 11.1 Å². The number of anilines is 1. The lowest BCUT2D eigenvalue weighted by Crippen LogP contribution is -2.43. The van der Waals surface area contributed by atoms with Crippen LogP contribution in [0.2, 0.25) is 0 Å². The number of carbonyl (C=O) groups excluding carboxylic acids is 1. The van der Waals surface area contributed by atoms with Gasteiger partial charge in [-0.1, -0.05) is 17.7 Å². The van der Waals surface area contributed by atoms with Crippen LogP contribution in [-0.2, 0) is 11.2 Å². The average molecular weight is 304 g/mol. The molecule has 22 heavy (non-hydrogen) atoms. The molecule has 1 saturated heterocycles. The van der Waals surface area contributed by atoms with E-state index in [2.05, 4.69) is 13.0 Å². The van der Waals surface area contributed by atoms with Crippen molar-refractivity contribution in [2.45, 2.75) is 52.6 Å². The summed E-state index contributed by atoms with van der Waals surface area (Å²) in [6.45, 7) is 9.33. The number of rotatable bonds is 2. The summed E-state index contributed by atoms with van der Waals surface area (Å²) in [5.41, 5.74) is 8.90. The number of nitrogen functional groups attached to an aromatic ring is 1. The van der Waals surface area contributed by atoms with E-state index in [1.807, 2.05) is 37.8 Å². The van der Waals surface area contributed by atoms with Crippen LogP contribution in [0.3, 0.4) is 0 Å². The first kappa shape index (κ1) is 16.7. The molecule has 122 valence electrons. The summed E-state index contributed by atoms with van der Waals surface area (Å²) in [4.78, 5) is 14.1. The molecule has 4 nitrogen and oxygen atoms in total. The summed E-state index contributed by atoms with van der Waals surface area (Å²) in [5, 5.41) is 0. The van der Waals surface area contributed by atoms with Gasteiger partial charge in [-0.15, -0.1) is 0 Å². The Kier molecular flexibility index (Phi) is 4.99. The molecule has 1 heterocycles. The van der Waals surface area contributed by atoms with Crippen LogP contribution < -0.4 is 5.73 Å². The first-order valence-electron chi connectivity index (χ1n) is 8.07. The Morgan fingerprint density at radius 1 is 1.41 bits per heavy atom. The zero-order valence-electron chi connectivity index (χ0n) is 14.2. The molecule has 1 aliphatic heterocycles. The predicted molar refractivity (Wildman–Crippen MR) is 89.8 cm³/mol. The van der Waals surface area contributed by atoms with Gasteiger partial charge in [-0.05, 0) is 64.5 Å². The number of piperidine rings is 1. The summed E-state index contributed by atoms with van der Waals surface area (Å²) in [7, 11) is 0. The molecule has 0 aromatic heterocycles. The maximum absolute atomic E-state index is 12.2. The van der Waals surface area contributed by atoms with Gasteiger partial charge < -0.3 is 15.4 Å². The number of hydrogen-bond acceptors (Lipinski definition) is 3. The minimum atomic E-state index is -0.439. The van der Waals surface area contributed by atoms with Gasteiger partial charge in [-0.2, -0.15) is 0 Å². The van der Waals surface area contributed by atoms with Crippen molar-refractivity contribution < 1.29 is 9.53 Å². The first-order chi connectivity index (χ1) is 10.2. The van der Waals surface area contributed by atoms with E-state index in [0.29, 0.717) is 5.92 Å². The van der Waals surface area contributed by atoms with Crippen LogP contribution in [0.4, 0.5) is 10.5 Å². The van der Waals surface area contributed by atoms with E-state index in [1.54, 1.807) is 0 Å². The topological polar surface area (TPSA) is 55.6 Å². The molecule has 1 unspecified atom stereocenters. The Labute approximate surface area is 133 Å². The number of ether oxygens (including phenoxy) is 1. The third kappa shape index (κ3) is 4.65. The third-order valence-corrected chi connectivity index (χ3v) is 3.98. The maximum Gasteiger partial charge on any atom is 0.410 e. The average Bonchev–Trinajstić information content (AvgIpc) is 2.41. The molecule has 1 amide bonds. The van der Waals surface area contributed by atoms with Crippen LogP contribution in [0.25, 0.3) is 0 Å². The van der Waals surface area contributed by atoms with Crippen molar-refractivity contribution in [1.29, 1.82) is 0 Å². The zero-order chi connectivity index (χ0) is 16.3. The molecule has 0 spiro atoms. The monoisotopic (exact) mass is 304 g/mol. The highest BCUT2D eigenvalue weighted by Crippen LogP contribution is 2.25. The highest BCUT2D eigenvalue weighted by Gasteiger charge is 2.27. The van der Waals surface area contributed by atoms with Gasteiger partial charge in [0.15, 0.2) is 0 Å². The second-order valence-electron chi connectivity index (χ2n) is 7.34. The summed E-state index contributed by atoms with van der Waals surface area (Å²) in [6.07, 6.45) is 2.88. The first-order valence-corrected chi connectivity index (χ1v) is 8.07. The number of hydrogen-bond donors (Lipinski definition) is 1. The van der Waals surface area contributed by atoms with Crippen molar-refractivity contribution in [2.75, 3.05) is 18.8 Å². The summed E-state index contributed by atoms with van der Waals surface area (Å²) >= 11 is 0. The molecule has 0 saturated carbocycles. The number of nitrogens with two attached hydrogens (primary N) is 1. The molecule has 1 aromatic carbocycles. The Morgan fingerprint density at radius 2 is 2.14 bits per heavy atom. The molecule has 1 fully saturated rings. The van der Waals surface area contributed by atoms with Crippen LogP contribution in [0.5, 0.6) is 0 Å². The second-order valence-corrected chi connectivity index (χ2v) is 7.34. The summed E-state index contributed by atoms with van der Waals surface area (Å²) in [6, 6.07) is 6.16. The van der Waals surface area contributed by atoms with Crippen molar-refractivity contribution in [1.82, 2.24) is 4.90 Å². The minimum Gasteiger partial charge on any atom is -0.444 e. The lowest BCUT2D eigenvalue weighted by atomic mass is 9.90. The largest absolute Gasteiger partial charge is 0.444 e. The van der Waals surface area contributed by atoms with Crippen molar-refractivity contribution in [2.24, 2.45) is 5.92 Å². The zero-order valence-corrected chi connectivity index (χ0v) is 14.2. The van der Waals surface area contributed by atoms with Crippen LogP contribution in [0, 0.1) is 12.8 Å². The van der Waals surface area contributed by atoms with Gasteiger partial charge >= 0.3 is 6.09 Å². The van der Waals surface area contributed by atoms with E-state index in [-0.39, 0.29) is 6.09 Å². The van der Waals surface area contributed by atoms with E-state index in [4.69, 9.17) is 10.5 Å². The molecule has 1 atom stereocenters. The fourth-order valence-corrected chi connectivity index (χ4v) is 2.95. The highest BCUT2D eigenvalue weighted by atomic mass is 16.6. The smallest absolute Gasteiger partial charge is 0.410 e. The van der Waals surface area contributed by atoms with Crippen molar-refractivity contribution >= 4 is 11.8 Å². The van der Waals surface area contributed by atoms with Crippen molar-refractivity contribution in [3.8, 4) is 0 Å². The molecule has 1 aromatic rings. The second kappa shape index (κ2) is 6.59. The van der Waals surface area contributed by atoms with E-state index in [0.717, 1.165) is 38.0 Å². The number of aryl methyl sites for hydroxylation is 1. The molecular weight excluding hydrogens is 276 g/mol. The Hall–Kier alpha value is -1.71. The Morgan fingerprint density at radius 3 is 2.82 bits per heavy atom. The third-order valence-electron chi connectivity index (χ3n) is 3.98. The van der Waals surface area contributed by atoms with Crippen LogP contribution in [-0.4, -0.2) is 29.7 Å². The van der Waals surface area contributed by atoms with Crippen LogP contribution in [0.15, 0.2) is 18.2 Å². The standard InChI is InChI=1S/C18H28N2O2/c1-13-7-8-16(19)15(10-13)11-14-6-5-9-20(12-14)17(21)22-18(2,3)4/h7-8,10,14H,5-6,9,11-12,19H2,1-4H3. The van der Waals surface area contributed by atoms with Gasteiger partial charge in [0.25, 0.3) is 0 Å². The van der Waals surface area contributed by atoms with Gasteiger partial charge in [-0.3, -0.25) is 0 Å². The summed E-state index contributed by atoms with van der Waals surface area (Å²) < 4.78 is 5.48. The van der Waals surface area contributed by atoms with Gasteiger partial charge in [0.05, 0.1) is 0 Å². The summed E-state index contributed by atoms with van der Waals surface area (Å²) in [5.74, 6) is 0.449. The van der Waals surface area contributed by atoms with Gasteiger partial charge in [0.1, 0.15) is 5.60 Å². The number of nitrogens with zero attached hydrogens (tertiary/aromatic N) is 1. The highest BCUT2D eigenvalue weighted by molar-refractivity contribution is 5.68. The Bertz CT molecular complexity index is 534. The van der Waals surface area contributed by atoms with Crippen molar-refractivity contribution in [3.05, 3.63) is 29.3 Å². The predicted octanol–water partition coefficient (Wildman–Crippen LogP) is 3.77. The minimum absolute atomic E-state index is 0.200. The van der Waals surface area contributed by atoms with E-state index < -0.39 is 5.60 Å². The number of likely N-dealkylation sites (tertiary alicyclic amines) is 1. The molecule has 0 radical (unpaired) electrons.